The summed E-state index contributed by atoms with van der Waals surface area (Å²) in [7, 11) is 0. The summed E-state index contributed by atoms with van der Waals surface area (Å²) in [5, 5.41) is 11.2. The second kappa shape index (κ2) is 7.64. The van der Waals surface area contributed by atoms with Gasteiger partial charge in [0.05, 0.1) is 21.6 Å². The van der Waals surface area contributed by atoms with Crippen LogP contribution in [0.15, 0.2) is 42.5 Å². The molecule has 1 spiro atoms. The Hall–Kier alpha value is -2.93. The van der Waals surface area contributed by atoms with E-state index in [0.717, 1.165) is 30.2 Å². The third kappa shape index (κ3) is 3.47. The van der Waals surface area contributed by atoms with E-state index >= 15 is 0 Å². The lowest BCUT2D eigenvalue weighted by Gasteiger charge is -2.36. The van der Waals surface area contributed by atoms with E-state index in [0.29, 0.717) is 30.8 Å². The molecule has 2 fully saturated rings. The quantitative estimate of drug-likeness (QED) is 0.631. The number of fused-ring (bicyclic) bond motifs is 1. The zero-order valence-electron chi connectivity index (χ0n) is 16.8. The minimum absolute atomic E-state index is 0.00449. The number of aromatic nitrogens is 2. The molecule has 2 N–H and O–H groups in total. The first kappa shape index (κ1) is 20.0. The summed E-state index contributed by atoms with van der Waals surface area (Å²) in [5.41, 5.74) is 1.35. The number of para-hydroxylation sites is 1. The number of aromatic amines is 1. The largest absolute Gasteiger partial charge is 0.348 e. The number of hydrogen-bond donors (Lipinski definition) is 2. The van der Waals surface area contributed by atoms with Crippen LogP contribution < -0.4 is 10.2 Å². The number of nitrogens with zero attached hydrogens (tertiary/aromatic N) is 2. The zero-order valence-corrected chi connectivity index (χ0v) is 17.6. The number of benzene rings is 2. The second-order valence-electron chi connectivity index (χ2n) is 8.45. The predicted molar refractivity (Wildman–Crippen MR) is 117 cm³/mol. The van der Waals surface area contributed by atoms with Crippen LogP contribution in [0.5, 0.6) is 0 Å². The molecule has 0 unspecified atom stereocenters. The van der Waals surface area contributed by atoms with Crippen molar-refractivity contribution in [1.82, 2.24) is 15.5 Å². The van der Waals surface area contributed by atoms with Crippen molar-refractivity contribution in [3.05, 3.63) is 59.0 Å². The number of rotatable bonds is 3. The maximum Gasteiger partial charge on any atom is 0.272 e. The molecule has 1 aliphatic heterocycles. The molecule has 2 amide bonds. The van der Waals surface area contributed by atoms with Crippen LogP contribution in [0.1, 0.15) is 42.6 Å². The Morgan fingerprint density at radius 3 is 2.74 bits per heavy atom. The number of amides is 2. The van der Waals surface area contributed by atoms with Crippen LogP contribution in [-0.2, 0) is 4.79 Å². The van der Waals surface area contributed by atoms with Crippen LogP contribution in [0.2, 0.25) is 5.02 Å². The average Bonchev–Trinajstić information content (AvgIpc) is 3.33. The molecule has 0 bridgehead atoms. The van der Waals surface area contributed by atoms with Gasteiger partial charge in [0.15, 0.2) is 5.69 Å². The highest BCUT2D eigenvalue weighted by molar-refractivity contribution is 6.34. The molecule has 2 heterocycles. The number of carbonyl (C=O) groups is 2. The molecule has 6 nitrogen and oxygen atoms in total. The van der Waals surface area contributed by atoms with E-state index in [4.69, 9.17) is 11.6 Å². The molecule has 0 radical (unpaired) electrons. The monoisotopic (exact) mass is 440 g/mol. The smallest absolute Gasteiger partial charge is 0.272 e. The predicted octanol–water partition coefficient (Wildman–Crippen LogP) is 4.45. The van der Waals surface area contributed by atoms with Gasteiger partial charge in [0.2, 0.25) is 5.91 Å². The summed E-state index contributed by atoms with van der Waals surface area (Å²) in [6.45, 7) is 0.570. The van der Waals surface area contributed by atoms with Gasteiger partial charge < -0.3 is 10.2 Å². The first-order valence-electron chi connectivity index (χ1n) is 10.5. The highest BCUT2D eigenvalue weighted by Crippen LogP contribution is 2.47. The molecule has 1 saturated heterocycles. The molecule has 0 atom stereocenters. The normalized spacial score (nSPS) is 23.6. The van der Waals surface area contributed by atoms with E-state index in [9.17, 15) is 14.0 Å². The van der Waals surface area contributed by atoms with Gasteiger partial charge in [-0.05, 0) is 56.4 Å². The van der Waals surface area contributed by atoms with Gasteiger partial charge >= 0.3 is 0 Å². The number of H-pyrrole nitrogens is 1. The Labute approximate surface area is 183 Å². The van der Waals surface area contributed by atoms with E-state index in [-0.39, 0.29) is 22.9 Å². The van der Waals surface area contributed by atoms with Gasteiger partial charge in [-0.25, -0.2) is 4.39 Å². The highest BCUT2D eigenvalue weighted by atomic mass is 35.5. The minimum atomic E-state index is -0.433. The Kier molecular flexibility index (Phi) is 4.93. The van der Waals surface area contributed by atoms with Crippen LogP contribution in [0, 0.1) is 11.2 Å². The lowest BCUT2D eigenvalue weighted by Crippen LogP contribution is -2.44. The molecule has 8 heteroatoms. The molecular weight excluding hydrogens is 419 g/mol. The van der Waals surface area contributed by atoms with E-state index in [1.807, 2.05) is 24.3 Å². The van der Waals surface area contributed by atoms with Crippen molar-refractivity contribution in [3.63, 3.8) is 0 Å². The Balaban J connectivity index is 1.25. The van der Waals surface area contributed by atoms with Crippen molar-refractivity contribution in [1.29, 1.82) is 0 Å². The number of anilines is 1. The molecular formula is C23H22ClFN4O2. The van der Waals surface area contributed by atoms with E-state index in [1.165, 1.54) is 12.1 Å². The van der Waals surface area contributed by atoms with Crippen molar-refractivity contribution in [2.24, 2.45) is 5.41 Å². The van der Waals surface area contributed by atoms with Crippen molar-refractivity contribution >= 4 is 40.0 Å². The van der Waals surface area contributed by atoms with Crippen molar-refractivity contribution in [3.8, 4) is 0 Å². The third-order valence-corrected chi connectivity index (χ3v) is 6.98. The Bertz CT molecular complexity index is 1170. The number of halogens is 2. The second-order valence-corrected chi connectivity index (χ2v) is 8.86. The van der Waals surface area contributed by atoms with Crippen molar-refractivity contribution in [2.45, 2.75) is 38.1 Å². The van der Waals surface area contributed by atoms with Crippen LogP contribution in [-0.4, -0.2) is 34.6 Å². The fraction of sp³-hybridized carbons (Fsp3) is 0.348. The van der Waals surface area contributed by atoms with Gasteiger partial charge in [-0.1, -0.05) is 29.8 Å². The number of nitrogens with one attached hydrogen (secondary N) is 2. The molecule has 1 saturated carbocycles. The van der Waals surface area contributed by atoms with Crippen LogP contribution in [0.4, 0.5) is 10.1 Å². The SMILES string of the molecule is O=C(NC1CCC2(CC1)CCN(c1ccc(F)cc1Cl)C2=O)c1n[nH]c2ccccc12. The molecule has 3 aromatic rings. The summed E-state index contributed by atoms with van der Waals surface area (Å²) >= 11 is 6.18. The molecule has 2 aliphatic rings. The summed E-state index contributed by atoms with van der Waals surface area (Å²) in [5.74, 6) is -0.573. The van der Waals surface area contributed by atoms with Crippen molar-refractivity contribution < 1.29 is 14.0 Å². The van der Waals surface area contributed by atoms with Crippen LogP contribution in [0.3, 0.4) is 0 Å². The fourth-order valence-corrected chi connectivity index (χ4v) is 5.19. The summed E-state index contributed by atoms with van der Waals surface area (Å²) < 4.78 is 13.4. The van der Waals surface area contributed by atoms with Gasteiger partial charge in [0, 0.05) is 18.0 Å². The third-order valence-electron chi connectivity index (χ3n) is 6.68. The number of hydrogen-bond acceptors (Lipinski definition) is 3. The number of carbonyl (C=O) groups excluding carboxylic acids is 2. The molecule has 1 aromatic heterocycles. The molecule has 160 valence electrons. The maximum atomic E-state index is 13.4. The fourth-order valence-electron chi connectivity index (χ4n) is 4.92. The standard InChI is InChI=1S/C23H22ClFN4O2/c24-17-13-14(25)5-6-19(17)29-12-11-23(22(29)31)9-7-15(8-10-23)26-21(30)20-16-3-1-2-4-18(16)27-28-20/h1-6,13,15H,7-12H2,(H,26,30)(H,27,28). The lowest BCUT2D eigenvalue weighted by atomic mass is 9.71. The molecule has 5 rings (SSSR count). The van der Waals surface area contributed by atoms with Gasteiger partial charge in [-0.15, -0.1) is 0 Å². The first-order chi connectivity index (χ1) is 15.0. The summed E-state index contributed by atoms with van der Waals surface area (Å²) in [6.07, 6.45) is 3.60. The van der Waals surface area contributed by atoms with Crippen molar-refractivity contribution in [2.75, 3.05) is 11.4 Å². The summed E-state index contributed by atoms with van der Waals surface area (Å²) in [6, 6.07) is 11.7. The first-order valence-corrected chi connectivity index (χ1v) is 10.9. The van der Waals surface area contributed by atoms with Gasteiger partial charge in [0.25, 0.3) is 5.91 Å². The Morgan fingerprint density at radius 2 is 1.97 bits per heavy atom. The topological polar surface area (TPSA) is 78.1 Å². The molecule has 1 aliphatic carbocycles. The van der Waals surface area contributed by atoms with E-state index in [2.05, 4.69) is 15.5 Å². The average molecular weight is 441 g/mol. The van der Waals surface area contributed by atoms with Crippen LogP contribution >= 0.6 is 11.6 Å². The Morgan fingerprint density at radius 1 is 1.19 bits per heavy atom. The van der Waals surface area contributed by atoms with Crippen LogP contribution in [0.25, 0.3) is 10.9 Å². The molecule has 2 aromatic carbocycles. The van der Waals surface area contributed by atoms with Gasteiger partial charge in [-0.3, -0.25) is 14.7 Å². The highest BCUT2D eigenvalue weighted by Gasteiger charge is 2.49. The van der Waals surface area contributed by atoms with Gasteiger partial charge in [-0.2, -0.15) is 5.10 Å². The van der Waals surface area contributed by atoms with E-state index < -0.39 is 11.2 Å². The lowest BCUT2D eigenvalue weighted by molar-refractivity contribution is -0.127. The van der Waals surface area contributed by atoms with Gasteiger partial charge in [0.1, 0.15) is 5.82 Å². The zero-order chi connectivity index (χ0) is 21.6. The minimum Gasteiger partial charge on any atom is -0.348 e. The maximum absolute atomic E-state index is 13.4. The summed E-state index contributed by atoms with van der Waals surface area (Å²) in [4.78, 5) is 27.7. The molecule has 31 heavy (non-hydrogen) atoms. The van der Waals surface area contributed by atoms with E-state index in [1.54, 1.807) is 11.0 Å².